The van der Waals surface area contributed by atoms with Crippen LogP contribution in [0, 0.1) is 22.7 Å². The van der Waals surface area contributed by atoms with Crippen molar-refractivity contribution in [3.63, 3.8) is 0 Å². The van der Waals surface area contributed by atoms with Crippen molar-refractivity contribution < 1.29 is 4.79 Å². The maximum Gasteiger partial charge on any atom is 0.244 e. The number of likely N-dealkylation sites (tertiary alicyclic amines) is 1. The van der Waals surface area contributed by atoms with Crippen LogP contribution in [0.1, 0.15) is 40.5 Å². The molecule has 2 heterocycles. The van der Waals surface area contributed by atoms with Gasteiger partial charge >= 0.3 is 0 Å². The highest BCUT2D eigenvalue weighted by molar-refractivity contribution is 5.85. The van der Waals surface area contributed by atoms with Gasteiger partial charge in [-0.1, -0.05) is 26.8 Å². The zero-order valence-electron chi connectivity index (χ0n) is 16.3. The molecular weight excluding hydrogens is 348 g/mol. The molecule has 0 aromatic rings. The fourth-order valence-electron chi connectivity index (χ4n) is 4.58. The Balaban J connectivity index is 0.00000243. The van der Waals surface area contributed by atoms with Crippen LogP contribution in [0.15, 0.2) is 23.4 Å². The van der Waals surface area contributed by atoms with Crippen LogP contribution in [0.2, 0.25) is 0 Å². The second-order valence-corrected chi connectivity index (χ2v) is 8.32. The first-order valence-electron chi connectivity index (χ1n) is 9.48. The number of hydrogen-bond acceptors (Lipinski definition) is 4. The molecule has 5 nitrogen and oxygen atoms in total. The van der Waals surface area contributed by atoms with Gasteiger partial charge in [0.25, 0.3) is 0 Å². The Labute approximate surface area is 163 Å². The molecule has 0 spiro atoms. The first-order valence-corrected chi connectivity index (χ1v) is 9.48. The smallest absolute Gasteiger partial charge is 0.244 e. The lowest BCUT2D eigenvalue weighted by molar-refractivity contribution is -0.135. The second-order valence-electron chi connectivity index (χ2n) is 8.32. The van der Waals surface area contributed by atoms with Gasteiger partial charge in [-0.3, -0.25) is 9.69 Å². The zero-order chi connectivity index (χ0) is 18.2. The molecule has 1 amide bonds. The largest absolute Gasteiger partial charge is 0.314 e. The summed E-state index contributed by atoms with van der Waals surface area (Å²) in [5.41, 5.74) is 1.79. The fraction of sp³-hybridized carbons (Fsp3) is 0.700. The molecule has 2 saturated heterocycles. The molecular formula is C20H31ClN4O. The number of halogens is 1. The Morgan fingerprint density at radius 3 is 2.85 bits per heavy atom. The molecule has 1 unspecified atom stereocenters. The number of hydrogen-bond donors (Lipinski definition) is 1. The van der Waals surface area contributed by atoms with E-state index in [-0.39, 0.29) is 29.8 Å². The second kappa shape index (κ2) is 8.12. The van der Waals surface area contributed by atoms with Crippen molar-refractivity contribution in [1.82, 2.24) is 15.1 Å². The number of nitrogens with one attached hydrogen (secondary N) is 1. The SMILES string of the molecule is CC[C@@H](C(=O)N1CC(C)(C)C2CC=C(C#N)C=C21)N1CCN[C@H](C)C1.Cl. The molecule has 1 N–H and O–H groups in total. The van der Waals surface area contributed by atoms with E-state index in [1.807, 2.05) is 17.1 Å². The van der Waals surface area contributed by atoms with Crippen LogP contribution in [-0.4, -0.2) is 54.0 Å². The topological polar surface area (TPSA) is 59.4 Å². The molecule has 144 valence electrons. The monoisotopic (exact) mass is 378 g/mol. The number of nitriles is 1. The van der Waals surface area contributed by atoms with Crippen molar-refractivity contribution in [2.24, 2.45) is 11.3 Å². The van der Waals surface area contributed by atoms with E-state index in [9.17, 15) is 10.1 Å². The van der Waals surface area contributed by atoms with Crippen LogP contribution in [0.25, 0.3) is 0 Å². The maximum absolute atomic E-state index is 13.4. The number of amides is 1. The molecule has 0 bridgehead atoms. The summed E-state index contributed by atoms with van der Waals surface area (Å²) in [6, 6.07) is 2.59. The number of fused-ring (bicyclic) bond motifs is 1. The van der Waals surface area contributed by atoms with Gasteiger partial charge in [0, 0.05) is 49.4 Å². The summed E-state index contributed by atoms with van der Waals surface area (Å²) in [7, 11) is 0. The molecule has 1 aliphatic carbocycles. The number of rotatable bonds is 3. The van der Waals surface area contributed by atoms with Gasteiger partial charge in [0.15, 0.2) is 0 Å². The Hall–Kier alpha value is -1.35. The third kappa shape index (κ3) is 3.83. The molecule has 2 aliphatic heterocycles. The van der Waals surface area contributed by atoms with E-state index in [0.717, 1.165) is 44.7 Å². The Morgan fingerprint density at radius 2 is 2.23 bits per heavy atom. The van der Waals surface area contributed by atoms with Gasteiger partial charge in [-0.25, -0.2) is 0 Å². The van der Waals surface area contributed by atoms with Gasteiger partial charge in [0.1, 0.15) is 0 Å². The summed E-state index contributed by atoms with van der Waals surface area (Å²) in [6.07, 6.45) is 5.63. The molecule has 0 radical (unpaired) electrons. The Morgan fingerprint density at radius 1 is 1.50 bits per heavy atom. The lowest BCUT2D eigenvalue weighted by Crippen LogP contribution is -2.57. The van der Waals surface area contributed by atoms with Gasteiger partial charge in [-0.15, -0.1) is 12.4 Å². The number of piperazine rings is 1. The highest BCUT2D eigenvalue weighted by atomic mass is 35.5. The molecule has 0 aromatic carbocycles. The van der Waals surface area contributed by atoms with E-state index in [1.54, 1.807) is 0 Å². The van der Waals surface area contributed by atoms with E-state index in [0.29, 0.717) is 17.5 Å². The summed E-state index contributed by atoms with van der Waals surface area (Å²) >= 11 is 0. The lowest BCUT2D eigenvalue weighted by atomic mass is 9.76. The summed E-state index contributed by atoms with van der Waals surface area (Å²) in [5, 5.41) is 12.7. The van der Waals surface area contributed by atoms with Crippen LogP contribution >= 0.6 is 12.4 Å². The van der Waals surface area contributed by atoms with E-state index in [1.165, 1.54) is 0 Å². The average Bonchev–Trinajstić information content (AvgIpc) is 2.86. The molecule has 0 saturated carbocycles. The lowest BCUT2D eigenvalue weighted by Gasteiger charge is -2.38. The molecule has 0 aromatic heterocycles. The Bertz CT molecular complexity index is 649. The predicted molar refractivity (Wildman–Crippen MR) is 106 cm³/mol. The summed E-state index contributed by atoms with van der Waals surface area (Å²) < 4.78 is 0. The van der Waals surface area contributed by atoms with Crippen molar-refractivity contribution in [3.8, 4) is 6.07 Å². The first-order chi connectivity index (χ1) is 11.9. The van der Waals surface area contributed by atoms with Crippen molar-refractivity contribution in [2.45, 2.75) is 52.6 Å². The van der Waals surface area contributed by atoms with E-state index in [2.05, 4.69) is 44.0 Å². The molecule has 26 heavy (non-hydrogen) atoms. The van der Waals surface area contributed by atoms with Crippen LogP contribution in [0.4, 0.5) is 0 Å². The fourth-order valence-corrected chi connectivity index (χ4v) is 4.58. The van der Waals surface area contributed by atoms with E-state index in [4.69, 9.17) is 0 Å². The van der Waals surface area contributed by atoms with Crippen LogP contribution in [-0.2, 0) is 4.79 Å². The average molecular weight is 379 g/mol. The molecule has 3 rings (SSSR count). The Kier molecular flexibility index (Phi) is 6.55. The first kappa shape index (κ1) is 21.0. The maximum atomic E-state index is 13.4. The quantitative estimate of drug-likeness (QED) is 0.820. The highest BCUT2D eigenvalue weighted by Gasteiger charge is 2.47. The third-order valence-corrected chi connectivity index (χ3v) is 5.96. The number of carbonyl (C=O) groups is 1. The van der Waals surface area contributed by atoms with Gasteiger partial charge in [0.2, 0.25) is 5.91 Å². The van der Waals surface area contributed by atoms with Crippen molar-refractivity contribution in [2.75, 3.05) is 26.2 Å². The standard InChI is InChI=1S/C20H30N4O.ClH/c1-5-17(23-9-8-22-14(2)12-23)19(25)24-13-20(3,4)16-7-6-15(11-21)10-18(16)24;/h6,10,14,16-17,22H,5,7-9,12-13H2,1-4H3;1H/t14-,16?,17+;/m1./s1. The van der Waals surface area contributed by atoms with Crippen LogP contribution in [0.5, 0.6) is 0 Å². The summed E-state index contributed by atoms with van der Waals surface area (Å²) in [6.45, 7) is 12.2. The van der Waals surface area contributed by atoms with Crippen molar-refractivity contribution >= 4 is 18.3 Å². The number of allylic oxidation sites excluding steroid dienone is 4. The molecule has 6 heteroatoms. The molecule has 3 aliphatic rings. The highest BCUT2D eigenvalue weighted by Crippen LogP contribution is 2.47. The van der Waals surface area contributed by atoms with Crippen LogP contribution in [0.3, 0.4) is 0 Å². The van der Waals surface area contributed by atoms with Crippen LogP contribution < -0.4 is 5.32 Å². The van der Waals surface area contributed by atoms with Crippen molar-refractivity contribution in [3.05, 3.63) is 23.4 Å². The van der Waals surface area contributed by atoms with Gasteiger partial charge < -0.3 is 10.2 Å². The summed E-state index contributed by atoms with van der Waals surface area (Å²) in [5.74, 6) is 0.533. The third-order valence-electron chi connectivity index (χ3n) is 5.96. The minimum Gasteiger partial charge on any atom is -0.314 e. The summed E-state index contributed by atoms with van der Waals surface area (Å²) in [4.78, 5) is 17.8. The van der Waals surface area contributed by atoms with Crippen molar-refractivity contribution in [1.29, 1.82) is 5.26 Å². The number of nitrogens with zero attached hydrogens (tertiary/aromatic N) is 3. The normalized spacial score (nSPS) is 29.0. The molecule has 3 atom stereocenters. The minimum absolute atomic E-state index is 0. The minimum atomic E-state index is -0.0727. The van der Waals surface area contributed by atoms with Gasteiger partial charge in [0.05, 0.1) is 12.1 Å². The molecule has 2 fully saturated rings. The van der Waals surface area contributed by atoms with E-state index < -0.39 is 0 Å². The van der Waals surface area contributed by atoms with E-state index >= 15 is 0 Å². The van der Waals surface area contributed by atoms with Gasteiger partial charge in [-0.05, 0) is 31.3 Å². The number of carbonyl (C=O) groups excluding carboxylic acids is 1. The zero-order valence-corrected chi connectivity index (χ0v) is 17.1. The van der Waals surface area contributed by atoms with Gasteiger partial charge in [-0.2, -0.15) is 5.26 Å². The predicted octanol–water partition coefficient (Wildman–Crippen LogP) is 2.70.